The lowest BCUT2D eigenvalue weighted by molar-refractivity contribution is 0.284. The molecule has 0 radical (unpaired) electrons. The Morgan fingerprint density at radius 2 is 2.20 bits per heavy atom. The molecule has 4 nitrogen and oxygen atoms in total. The number of hydrogen-bond acceptors (Lipinski definition) is 3. The van der Waals surface area contributed by atoms with Crippen LogP contribution in [-0.2, 0) is 0 Å². The Morgan fingerprint density at radius 3 is 2.60 bits per heavy atom. The van der Waals surface area contributed by atoms with Crippen molar-refractivity contribution in [3.63, 3.8) is 0 Å². The first-order chi connectivity index (χ1) is 4.47. The van der Waals surface area contributed by atoms with E-state index >= 15 is 0 Å². The third kappa shape index (κ3) is 1.02. The summed E-state index contributed by atoms with van der Waals surface area (Å²) in [7, 11) is 0. The molecule has 0 aliphatic heterocycles. The van der Waals surface area contributed by atoms with Crippen LogP contribution >= 0.6 is 0 Å². The average Bonchev–Trinajstić information content (AvgIpc) is 2.11. The maximum atomic E-state index is 3.90. The van der Waals surface area contributed by atoms with Crippen LogP contribution in [0.1, 0.15) is 25.3 Å². The van der Waals surface area contributed by atoms with Gasteiger partial charge < -0.3 is 6.15 Å². The molecule has 1 saturated carbocycles. The Kier molecular flexibility index (Phi) is 2.01. The summed E-state index contributed by atoms with van der Waals surface area (Å²) in [5.74, 6) is 0. The number of nitrogens with zero attached hydrogens (tertiary/aromatic N) is 3. The normalized spacial score (nSPS) is 17.6. The van der Waals surface area contributed by atoms with Crippen LogP contribution < -0.4 is 6.15 Å². The Bertz CT molecular complexity index is 178. The second kappa shape index (κ2) is 2.79. The molecule has 56 valence electrons. The van der Waals surface area contributed by atoms with Gasteiger partial charge in [0.2, 0.25) is 0 Å². The minimum atomic E-state index is 0. The van der Waals surface area contributed by atoms with Gasteiger partial charge in [0.15, 0.2) is 0 Å². The maximum absolute atomic E-state index is 3.90. The first-order valence-corrected chi connectivity index (χ1v) is 3.32. The van der Waals surface area contributed by atoms with Crippen LogP contribution in [0.4, 0.5) is 0 Å². The van der Waals surface area contributed by atoms with Crippen molar-refractivity contribution in [1.29, 1.82) is 0 Å². The van der Waals surface area contributed by atoms with Gasteiger partial charge in [-0.15, -0.1) is 5.10 Å². The van der Waals surface area contributed by atoms with Crippen LogP contribution in [0.25, 0.3) is 0 Å². The van der Waals surface area contributed by atoms with E-state index < -0.39 is 0 Å². The van der Waals surface area contributed by atoms with Crippen molar-refractivity contribution in [2.24, 2.45) is 0 Å². The van der Waals surface area contributed by atoms with Gasteiger partial charge in [-0.2, -0.15) is 0 Å². The summed E-state index contributed by atoms with van der Waals surface area (Å²) in [5, 5.41) is 7.64. The Balaban J connectivity index is 0.000000500. The summed E-state index contributed by atoms with van der Waals surface area (Å²) >= 11 is 0. The fourth-order valence-corrected chi connectivity index (χ4v) is 1.06. The molecule has 0 amide bonds. The lowest BCUT2D eigenvalue weighted by Gasteiger charge is -2.24. The first kappa shape index (κ1) is 7.21. The molecule has 0 bridgehead atoms. The SMILES string of the molecule is N.c1cn(C2CCC2)nn1. The zero-order valence-electron chi connectivity index (χ0n) is 5.90. The topological polar surface area (TPSA) is 65.7 Å². The van der Waals surface area contributed by atoms with E-state index in [1.54, 1.807) is 6.20 Å². The highest BCUT2D eigenvalue weighted by Crippen LogP contribution is 2.29. The number of hydrogen-bond donors (Lipinski definition) is 1. The molecule has 0 spiro atoms. The van der Waals surface area contributed by atoms with Gasteiger partial charge in [0, 0.05) is 6.20 Å². The second-order valence-electron chi connectivity index (χ2n) is 2.47. The van der Waals surface area contributed by atoms with Gasteiger partial charge >= 0.3 is 0 Å². The van der Waals surface area contributed by atoms with Gasteiger partial charge in [0.1, 0.15) is 0 Å². The van der Waals surface area contributed by atoms with E-state index in [1.165, 1.54) is 19.3 Å². The van der Waals surface area contributed by atoms with E-state index in [2.05, 4.69) is 10.3 Å². The van der Waals surface area contributed by atoms with Gasteiger partial charge in [0.25, 0.3) is 0 Å². The third-order valence-electron chi connectivity index (χ3n) is 1.89. The molecule has 0 saturated heterocycles. The molecule has 1 fully saturated rings. The first-order valence-electron chi connectivity index (χ1n) is 3.32. The lowest BCUT2D eigenvalue weighted by atomic mass is 9.93. The lowest BCUT2D eigenvalue weighted by Crippen LogP contribution is -2.17. The van der Waals surface area contributed by atoms with Crippen LogP contribution in [0, 0.1) is 0 Å². The molecule has 0 atom stereocenters. The predicted octanol–water partition coefficient (Wildman–Crippen LogP) is 1.17. The standard InChI is InChI=1S/C6H9N3.H3N/c1-2-6(3-1)9-5-4-7-8-9;/h4-6H,1-3H2;1H3. The fourth-order valence-electron chi connectivity index (χ4n) is 1.06. The third-order valence-corrected chi connectivity index (χ3v) is 1.89. The molecule has 10 heavy (non-hydrogen) atoms. The van der Waals surface area contributed by atoms with E-state index in [9.17, 15) is 0 Å². The molecule has 1 aliphatic carbocycles. The quantitative estimate of drug-likeness (QED) is 0.636. The molecule has 0 aromatic carbocycles. The highest BCUT2D eigenvalue weighted by molar-refractivity contribution is 4.78. The van der Waals surface area contributed by atoms with Crippen LogP contribution in [0.3, 0.4) is 0 Å². The molecule has 1 aliphatic rings. The average molecular weight is 140 g/mol. The van der Waals surface area contributed by atoms with Crippen LogP contribution in [-0.4, -0.2) is 15.0 Å². The maximum Gasteiger partial charge on any atom is 0.0693 e. The highest BCUT2D eigenvalue weighted by atomic mass is 15.4. The van der Waals surface area contributed by atoms with E-state index in [0.29, 0.717) is 6.04 Å². The molecule has 0 unspecified atom stereocenters. The van der Waals surface area contributed by atoms with E-state index in [0.717, 1.165) is 0 Å². The Morgan fingerprint density at radius 1 is 1.40 bits per heavy atom. The molecule has 4 heteroatoms. The molecular formula is C6H12N4. The summed E-state index contributed by atoms with van der Waals surface area (Å²) < 4.78 is 1.95. The largest absolute Gasteiger partial charge is 0.344 e. The zero-order valence-corrected chi connectivity index (χ0v) is 5.90. The van der Waals surface area contributed by atoms with E-state index in [1.807, 2.05) is 10.9 Å². The monoisotopic (exact) mass is 140 g/mol. The fraction of sp³-hybridized carbons (Fsp3) is 0.667. The minimum absolute atomic E-state index is 0. The molecule has 1 heterocycles. The van der Waals surface area contributed by atoms with Crippen LogP contribution in [0.5, 0.6) is 0 Å². The summed E-state index contributed by atoms with van der Waals surface area (Å²) in [5.41, 5.74) is 0. The van der Waals surface area contributed by atoms with Crippen molar-refractivity contribution in [1.82, 2.24) is 21.1 Å². The smallest absolute Gasteiger partial charge is 0.0693 e. The van der Waals surface area contributed by atoms with Gasteiger partial charge in [-0.05, 0) is 19.3 Å². The number of aromatic nitrogens is 3. The van der Waals surface area contributed by atoms with Crippen LogP contribution in [0.15, 0.2) is 12.4 Å². The molecular weight excluding hydrogens is 128 g/mol. The van der Waals surface area contributed by atoms with Crippen molar-refractivity contribution >= 4 is 0 Å². The Hall–Kier alpha value is -0.900. The van der Waals surface area contributed by atoms with Crippen molar-refractivity contribution in [2.45, 2.75) is 25.3 Å². The van der Waals surface area contributed by atoms with E-state index in [-0.39, 0.29) is 6.15 Å². The second-order valence-corrected chi connectivity index (χ2v) is 2.47. The van der Waals surface area contributed by atoms with Crippen molar-refractivity contribution in [3.8, 4) is 0 Å². The Labute approximate surface area is 59.8 Å². The van der Waals surface area contributed by atoms with Crippen molar-refractivity contribution < 1.29 is 0 Å². The summed E-state index contributed by atoms with van der Waals surface area (Å²) in [6.07, 6.45) is 7.58. The summed E-state index contributed by atoms with van der Waals surface area (Å²) in [6.45, 7) is 0. The van der Waals surface area contributed by atoms with Gasteiger partial charge in [-0.25, -0.2) is 4.68 Å². The van der Waals surface area contributed by atoms with Gasteiger partial charge in [-0.3, -0.25) is 0 Å². The van der Waals surface area contributed by atoms with Crippen molar-refractivity contribution in [3.05, 3.63) is 12.4 Å². The highest BCUT2D eigenvalue weighted by Gasteiger charge is 2.18. The number of rotatable bonds is 1. The molecule has 2 rings (SSSR count). The van der Waals surface area contributed by atoms with Gasteiger partial charge in [0.05, 0.1) is 12.2 Å². The zero-order chi connectivity index (χ0) is 6.10. The van der Waals surface area contributed by atoms with Gasteiger partial charge in [-0.1, -0.05) is 5.21 Å². The molecule has 1 aromatic rings. The van der Waals surface area contributed by atoms with Crippen LogP contribution in [0.2, 0.25) is 0 Å². The summed E-state index contributed by atoms with van der Waals surface area (Å²) in [6, 6.07) is 0.660. The molecule has 3 N–H and O–H groups in total. The minimum Gasteiger partial charge on any atom is -0.344 e. The van der Waals surface area contributed by atoms with Crippen molar-refractivity contribution in [2.75, 3.05) is 0 Å². The molecule has 1 aromatic heterocycles. The summed E-state index contributed by atoms with van der Waals surface area (Å²) in [4.78, 5) is 0. The van der Waals surface area contributed by atoms with E-state index in [4.69, 9.17) is 0 Å². The predicted molar refractivity (Wildman–Crippen MR) is 37.9 cm³/mol.